The van der Waals surface area contributed by atoms with E-state index >= 15 is 0 Å². The summed E-state index contributed by atoms with van der Waals surface area (Å²) < 4.78 is 27.3. The molecule has 2 amide bonds. The number of rotatable bonds is 60. The van der Waals surface area contributed by atoms with Crippen LogP contribution in [-0.2, 0) is 33.3 Å². The zero-order valence-electron chi connectivity index (χ0n) is 55.5. The van der Waals surface area contributed by atoms with Gasteiger partial charge in [0.1, 0.15) is 54.9 Å². The van der Waals surface area contributed by atoms with Crippen molar-refractivity contribution in [3.63, 3.8) is 0 Å². The van der Waals surface area contributed by atoms with E-state index in [-0.39, 0.29) is 12.3 Å². The van der Waals surface area contributed by atoms with E-state index in [1.807, 2.05) is 6.08 Å². The summed E-state index contributed by atoms with van der Waals surface area (Å²) in [5.41, 5.74) is 0. The number of allylic oxidation sites excluding steroid dienone is 1. The van der Waals surface area contributed by atoms with Crippen LogP contribution in [0.25, 0.3) is 0 Å². The van der Waals surface area contributed by atoms with E-state index < -0.39 is 167 Å². The lowest BCUT2D eigenvalue weighted by molar-refractivity contribution is -0.265. The number of carbonyl (C=O) groups excluding carboxylic acids is 2. The molecular weight excluding hydrogens is 1180 g/mol. The van der Waals surface area contributed by atoms with Crippen LogP contribution in [0.5, 0.6) is 0 Å². The Morgan fingerprint density at radius 3 is 1.48 bits per heavy atom. The summed E-state index contributed by atoms with van der Waals surface area (Å²) in [6.45, 7) is 1.74. The van der Waals surface area contributed by atoms with Gasteiger partial charge in [0.05, 0.1) is 25.4 Å². The third-order valence-corrected chi connectivity index (χ3v) is 16.6. The minimum absolute atomic E-state index is 0.165. The number of hydrogen-bond acceptors (Lipinski definition) is 22. The van der Waals surface area contributed by atoms with Crippen molar-refractivity contribution in [2.75, 3.05) is 33.0 Å². The average Bonchev–Trinajstić information content (AvgIpc) is 0.856. The SMILES string of the molecule is CCCCCCCCCCCCC/C=C/[C@@H](O)C(CO[C@H](O)/C(O)=C(\O)[C@@H](CCO)O[C@H](O)C(O)C(O)[C@H](CCO)O/C(O)=C(\O[C@@H]1OC(CO)[C@H](O)C(O)C1NC(C)=O)[C@@H](O)CCO)NC(=O)CCCCCCCCCCCCCCCCCCCCCCC. The lowest BCUT2D eigenvalue weighted by Gasteiger charge is -2.42. The second kappa shape index (κ2) is 54.8. The largest absolute Gasteiger partial charge is 0.506 e. The third-order valence-electron chi connectivity index (χ3n) is 16.6. The van der Waals surface area contributed by atoms with Crippen LogP contribution in [0.3, 0.4) is 0 Å². The molecule has 0 spiro atoms. The molecule has 0 aromatic rings. The van der Waals surface area contributed by atoms with Crippen LogP contribution in [0.2, 0.25) is 0 Å². The van der Waals surface area contributed by atoms with E-state index in [1.165, 1.54) is 154 Å². The molecule has 0 radical (unpaired) electrons. The number of ether oxygens (including phenoxy) is 5. The average molecular weight is 1310 g/mol. The number of aliphatic hydroxyl groups excluding tert-OH is 15. The van der Waals surface area contributed by atoms with Crippen LogP contribution in [0.4, 0.5) is 0 Å². The van der Waals surface area contributed by atoms with Gasteiger partial charge in [-0.25, -0.2) is 0 Å². The fourth-order valence-corrected chi connectivity index (χ4v) is 11.0. The van der Waals surface area contributed by atoms with E-state index in [0.717, 1.165) is 58.3 Å². The van der Waals surface area contributed by atoms with E-state index in [0.29, 0.717) is 12.8 Å². The Labute approximate surface area is 543 Å². The van der Waals surface area contributed by atoms with Crippen molar-refractivity contribution in [2.24, 2.45) is 0 Å². The van der Waals surface area contributed by atoms with Crippen LogP contribution in [-0.4, -0.2) is 207 Å². The molecule has 91 heavy (non-hydrogen) atoms. The summed E-state index contributed by atoms with van der Waals surface area (Å²) in [6, 6.07) is -2.73. The molecule has 17 N–H and O–H groups in total. The van der Waals surface area contributed by atoms with Gasteiger partial charge in [-0.15, -0.1) is 0 Å². The van der Waals surface area contributed by atoms with Gasteiger partial charge in [0.25, 0.3) is 0 Å². The van der Waals surface area contributed by atoms with Gasteiger partial charge in [0, 0.05) is 52.4 Å². The van der Waals surface area contributed by atoms with Gasteiger partial charge in [-0.2, -0.15) is 0 Å². The van der Waals surface area contributed by atoms with E-state index in [4.69, 9.17) is 23.7 Å². The molecule has 0 bridgehead atoms. The maximum Gasteiger partial charge on any atom is 0.319 e. The lowest BCUT2D eigenvalue weighted by atomic mass is 9.97. The van der Waals surface area contributed by atoms with Crippen LogP contribution in [0.1, 0.15) is 258 Å². The van der Waals surface area contributed by atoms with Crippen molar-refractivity contribution in [3.05, 3.63) is 35.4 Å². The normalized spacial score (nSPS) is 20.6. The number of aliphatic hydroxyl groups is 15. The fourth-order valence-electron chi connectivity index (χ4n) is 11.0. The molecule has 1 aliphatic heterocycles. The van der Waals surface area contributed by atoms with E-state index in [2.05, 4.69) is 24.5 Å². The molecule has 1 aliphatic rings. The molecule has 1 saturated heterocycles. The van der Waals surface area contributed by atoms with Crippen LogP contribution in [0.15, 0.2) is 35.4 Å². The van der Waals surface area contributed by atoms with Crippen molar-refractivity contribution in [1.82, 2.24) is 10.6 Å². The summed E-state index contributed by atoms with van der Waals surface area (Å²) in [5.74, 6) is -5.96. The summed E-state index contributed by atoms with van der Waals surface area (Å²) >= 11 is 0. The smallest absolute Gasteiger partial charge is 0.319 e. The molecule has 24 heteroatoms. The molecule has 1 fully saturated rings. The van der Waals surface area contributed by atoms with Gasteiger partial charge >= 0.3 is 5.95 Å². The Morgan fingerprint density at radius 2 is 1.03 bits per heavy atom. The second-order valence-electron chi connectivity index (χ2n) is 24.6. The standard InChI is InChI=1S/C67H126N2O22/c1-4-6-8-10-12-14-16-18-19-20-21-22-23-24-25-27-29-31-33-35-37-39-55(77)69-49(50(75)38-36-34-32-30-28-26-17-15-13-11-9-7-5-2)47-87-64(84)61(82)57(78)52(41-44-71)88-65(85)62(83)58(79)53(42-45-72)89-66(86)63(51(76)40-43-70)91-67-56(68-48(3)74)60(81)59(80)54(46-73)90-67/h36,38,49-54,56,58-60,62,64-65,67,70-73,75-76,78-86H,4-35,37,39-47H2,1-3H3,(H,68,74)(H,69,77)/b38-36+,61-57+,66-63-/t49?,50-,51+,52-,53+,54?,56?,58?,59+,60?,62?,64+,65+,67+/m1/s1. The number of amides is 2. The zero-order chi connectivity index (χ0) is 67.6. The predicted molar refractivity (Wildman–Crippen MR) is 345 cm³/mol. The highest BCUT2D eigenvalue weighted by Gasteiger charge is 2.47. The predicted octanol–water partition coefficient (Wildman–Crippen LogP) is 7.36. The molecule has 0 aliphatic carbocycles. The molecule has 1 heterocycles. The monoisotopic (exact) mass is 1310 g/mol. The molecule has 0 aromatic heterocycles. The quantitative estimate of drug-likeness (QED) is 0.0122. The molecule has 536 valence electrons. The van der Waals surface area contributed by atoms with Crippen LogP contribution in [0, 0.1) is 0 Å². The van der Waals surface area contributed by atoms with Crippen molar-refractivity contribution in [1.29, 1.82) is 0 Å². The summed E-state index contributed by atoms with van der Waals surface area (Å²) in [7, 11) is 0. The molecule has 6 unspecified atom stereocenters. The van der Waals surface area contributed by atoms with E-state index in [1.54, 1.807) is 0 Å². The summed E-state index contributed by atoms with van der Waals surface area (Å²) in [4.78, 5) is 25.3. The molecule has 0 saturated carbocycles. The number of unbranched alkanes of at least 4 members (excludes halogenated alkanes) is 31. The highest BCUT2D eigenvalue weighted by Crippen LogP contribution is 2.29. The minimum atomic E-state index is -2.54. The van der Waals surface area contributed by atoms with Gasteiger partial charge in [0.15, 0.2) is 17.8 Å². The maximum absolute atomic E-state index is 13.3. The molecule has 24 nitrogen and oxygen atoms in total. The van der Waals surface area contributed by atoms with Crippen molar-refractivity contribution < 1.29 is 110 Å². The van der Waals surface area contributed by atoms with Gasteiger partial charge in [0.2, 0.25) is 30.2 Å². The Kier molecular flexibility index (Phi) is 51.5. The second-order valence-corrected chi connectivity index (χ2v) is 24.6. The number of hydrogen-bond donors (Lipinski definition) is 17. The van der Waals surface area contributed by atoms with Crippen LogP contribution < -0.4 is 10.6 Å². The first-order chi connectivity index (χ1) is 43.8. The first kappa shape index (κ1) is 85.6. The van der Waals surface area contributed by atoms with Crippen molar-refractivity contribution in [3.8, 4) is 0 Å². The lowest BCUT2D eigenvalue weighted by Crippen LogP contribution is -2.64. The highest BCUT2D eigenvalue weighted by atomic mass is 16.7. The Morgan fingerprint density at radius 1 is 0.571 bits per heavy atom. The maximum atomic E-state index is 13.3. The topological polar surface area (TPSA) is 408 Å². The Bertz CT molecular complexity index is 1880. The zero-order valence-corrected chi connectivity index (χ0v) is 55.5. The van der Waals surface area contributed by atoms with Gasteiger partial charge in [-0.05, 0) is 19.3 Å². The molecule has 0 aromatic carbocycles. The van der Waals surface area contributed by atoms with Crippen molar-refractivity contribution in [2.45, 2.75) is 344 Å². The van der Waals surface area contributed by atoms with Gasteiger partial charge < -0.3 is 111 Å². The first-order valence-corrected chi connectivity index (χ1v) is 34.8. The summed E-state index contributed by atoms with van der Waals surface area (Å²) in [5, 5.41) is 165. The minimum Gasteiger partial charge on any atom is -0.506 e. The first-order valence-electron chi connectivity index (χ1n) is 34.8. The molecule has 14 atom stereocenters. The number of carbonyl (C=O) groups is 2. The van der Waals surface area contributed by atoms with E-state index in [9.17, 15) is 86.2 Å². The van der Waals surface area contributed by atoms with Crippen LogP contribution >= 0.6 is 0 Å². The molecular formula is C67H126N2O22. The third kappa shape index (κ3) is 38.6. The summed E-state index contributed by atoms with van der Waals surface area (Å²) in [6.07, 6.45) is 17.4. The molecule has 1 rings (SSSR count). The number of nitrogens with one attached hydrogen (secondary N) is 2. The Hall–Kier alpha value is -3.44. The highest BCUT2D eigenvalue weighted by molar-refractivity contribution is 5.76. The Balaban J connectivity index is 3.02. The van der Waals surface area contributed by atoms with Gasteiger partial charge in [-0.3, -0.25) is 9.59 Å². The van der Waals surface area contributed by atoms with Crippen molar-refractivity contribution >= 4 is 11.8 Å². The van der Waals surface area contributed by atoms with Gasteiger partial charge in [-0.1, -0.05) is 219 Å². The fraction of sp³-hybridized carbons (Fsp3) is 0.881.